The number of nitrogens with zero attached hydrogens (tertiary/aromatic N) is 1. The van der Waals surface area contributed by atoms with Gasteiger partial charge in [-0.05, 0) is 0 Å². The molecule has 1 aromatic rings. The first-order chi connectivity index (χ1) is 4.63. The van der Waals surface area contributed by atoms with Crippen LogP contribution >= 0.6 is 11.6 Å². The van der Waals surface area contributed by atoms with Gasteiger partial charge in [-0.2, -0.15) is 0 Å². The van der Waals surface area contributed by atoms with Crippen LogP contribution in [0.15, 0.2) is 6.20 Å². The lowest BCUT2D eigenvalue weighted by Crippen LogP contribution is -1.99. The molecule has 1 heterocycles. The fourth-order valence-electron chi connectivity index (χ4n) is 0.494. The van der Waals surface area contributed by atoms with Gasteiger partial charge >= 0.3 is 0 Å². The average molecular weight is 162 g/mol. The quantitative estimate of drug-likeness (QED) is 0.598. The molecule has 0 aliphatic rings. The second-order valence-corrected chi connectivity index (χ2v) is 2.10. The molecule has 0 atom stereocenters. The third-order valence-electron chi connectivity index (χ3n) is 1.04. The van der Waals surface area contributed by atoms with E-state index in [4.69, 9.17) is 23.1 Å². The maximum absolute atomic E-state index is 12.4. The summed E-state index contributed by atoms with van der Waals surface area (Å²) < 4.78 is 12.4. The molecular weight excluding hydrogens is 157 g/mol. The molecule has 54 valence electrons. The second kappa shape index (κ2) is 2.30. The first kappa shape index (κ1) is 7.08. The molecule has 0 radical (unpaired) electrons. The summed E-state index contributed by atoms with van der Waals surface area (Å²) in [6, 6.07) is 0. The summed E-state index contributed by atoms with van der Waals surface area (Å²) in [5.41, 5.74) is 10.4. The normalized spacial score (nSPS) is 9.80. The van der Waals surface area contributed by atoms with Crippen molar-refractivity contribution in [1.29, 1.82) is 0 Å². The van der Waals surface area contributed by atoms with E-state index >= 15 is 0 Å². The van der Waals surface area contributed by atoms with E-state index in [1.165, 1.54) is 0 Å². The number of hydrogen-bond acceptors (Lipinski definition) is 3. The smallest absolute Gasteiger partial charge is 0.162 e. The summed E-state index contributed by atoms with van der Waals surface area (Å²) >= 11 is 5.36. The topological polar surface area (TPSA) is 64.9 Å². The van der Waals surface area contributed by atoms with Crippen LogP contribution < -0.4 is 11.5 Å². The van der Waals surface area contributed by atoms with Crippen molar-refractivity contribution in [2.24, 2.45) is 0 Å². The lowest BCUT2D eigenvalue weighted by molar-refractivity contribution is 0.623. The number of nitrogens with two attached hydrogens (primary N) is 2. The van der Waals surface area contributed by atoms with Crippen LogP contribution in [-0.2, 0) is 0 Å². The van der Waals surface area contributed by atoms with E-state index in [0.717, 1.165) is 6.20 Å². The summed E-state index contributed by atoms with van der Waals surface area (Å²) in [5.74, 6) is -0.611. The zero-order valence-electron chi connectivity index (χ0n) is 4.94. The standard InChI is InChI=1S/C5H5ClFN3/c6-3-2(7)1-10-5(9)4(3)8/h1H,8H2,(H2,9,10). The van der Waals surface area contributed by atoms with Gasteiger partial charge in [-0.25, -0.2) is 9.37 Å². The van der Waals surface area contributed by atoms with Crippen LogP contribution in [0.25, 0.3) is 0 Å². The number of halogens is 2. The monoisotopic (exact) mass is 161 g/mol. The molecule has 0 saturated carbocycles. The van der Waals surface area contributed by atoms with Crippen molar-refractivity contribution in [3.05, 3.63) is 17.0 Å². The molecule has 0 amide bonds. The van der Waals surface area contributed by atoms with Crippen LogP contribution in [0.5, 0.6) is 0 Å². The highest BCUT2D eigenvalue weighted by molar-refractivity contribution is 6.33. The van der Waals surface area contributed by atoms with Crippen molar-refractivity contribution in [3.63, 3.8) is 0 Å². The van der Waals surface area contributed by atoms with Gasteiger partial charge in [0.15, 0.2) is 5.82 Å². The maximum Gasteiger partial charge on any atom is 0.162 e. The maximum atomic E-state index is 12.4. The molecule has 10 heavy (non-hydrogen) atoms. The van der Waals surface area contributed by atoms with Crippen LogP contribution in [-0.4, -0.2) is 4.98 Å². The van der Waals surface area contributed by atoms with Crippen molar-refractivity contribution in [1.82, 2.24) is 4.98 Å². The van der Waals surface area contributed by atoms with Gasteiger partial charge < -0.3 is 11.5 Å². The van der Waals surface area contributed by atoms with E-state index < -0.39 is 5.82 Å². The van der Waals surface area contributed by atoms with Crippen LogP contribution in [0.3, 0.4) is 0 Å². The third-order valence-corrected chi connectivity index (χ3v) is 1.42. The zero-order chi connectivity index (χ0) is 7.72. The van der Waals surface area contributed by atoms with E-state index in [0.29, 0.717) is 0 Å². The minimum absolute atomic E-state index is 0.0123. The SMILES string of the molecule is Nc1ncc(F)c(Cl)c1N. The van der Waals surface area contributed by atoms with E-state index in [1.807, 2.05) is 0 Å². The van der Waals surface area contributed by atoms with Crippen LogP contribution in [0.4, 0.5) is 15.9 Å². The molecular formula is C5H5ClFN3. The van der Waals surface area contributed by atoms with Crippen molar-refractivity contribution < 1.29 is 4.39 Å². The molecule has 1 rings (SSSR count). The summed E-state index contributed by atoms with van der Waals surface area (Å²) in [4.78, 5) is 3.43. The molecule has 0 saturated heterocycles. The Morgan fingerprint density at radius 2 is 2.10 bits per heavy atom. The molecule has 0 spiro atoms. The molecule has 3 nitrogen and oxygen atoms in total. The van der Waals surface area contributed by atoms with Gasteiger partial charge in [-0.1, -0.05) is 11.6 Å². The van der Waals surface area contributed by atoms with E-state index in [1.54, 1.807) is 0 Å². The molecule has 0 aromatic carbocycles. The number of nitrogen functional groups attached to an aromatic ring is 2. The molecule has 1 aromatic heterocycles. The van der Waals surface area contributed by atoms with Crippen molar-refractivity contribution in [2.45, 2.75) is 0 Å². The number of rotatable bonds is 0. The van der Waals surface area contributed by atoms with Gasteiger partial charge in [0.05, 0.1) is 11.9 Å². The average Bonchev–Trinajstić information content (AvgIpc) is 1.93. The lowest BCUT2D eigenvalue weighted by atomic mass is 10.4. The Morgan fingerprint density at radius 3 is 2.60 bits per heavy atom. The molecule has 5 heteroatoms. The number of pyridine rings is 1. The Kier molecular flexibility index (Phi) is 1.63. The Labute approximate surface area is 61.8 Å². The fourth-order valence-corrected chi connectivity index (χ4v) is 0.639. The summed E-state index contributed by atoms with van der Waals surface area (Å²) in [7, 11) is 0. The van der Waals surface area contributed by atoms with Gasteiger partial charge in [0.2, 0.25) is 0 Å². The Bertz CT molecular complexity index is 236. The summed E-state index contributed by atoms with van der Waals surface area (Å²) in [5, 5.41) is -0.174. The summed E-state index contributed by atoms with van der Waals surface area (Å²) in [6.45, 7) is 0. The van der Waals surface area contributed by atoms with E-state index in [-0.39, 0.29) is 16.5 Å². The minimum atomic E-state index is -0.659. The van der Waals surface area contributed by atoms with Gasteiger partial charge in [0, 0.05) is 0 Å². The molecule has 4 N–H and O–H groups in total. The van der Waals surface area contributed by atoms with Crippen LogP contribution in [0.1, 0.15) is 0 Å². The first-order valence-electron chi connectivity index (χ1n) is 2.48. The molecule has 0 unspecified atom stereocenters. The van der Waals surface area contributed by atoms with Crippen molar-refractivity contribution >= 4 is 23.1 Å². The van der Waals surface area contributed by atoms with Crippen LogP contribution in [0.2, 0.25) is 5.02 Å². The molecule has 0 aliphatic carbocycles. The van der Waals surface area contributed by atoms with Gasteiger partial charge in [0.25, 0.3) is 0 Å². The molecule has 0 bridgehead atoms. The molecule has 0 aliphatic heterocycles. The zero-order valence-corrected chi connectivity index (χ0v) is 5.69. The summed E-state index contributed by atoms with van der Waals surface area (Å²) in [6.07, 6.45) is 0.925. The molecule has 0 fully saturated rings. The number of anilines is 2. The highest BCUT2D eigenvalue weighted by Crippen LogP contribution is 2.24. The Morgan fingerprint density at radius 1 is 1.50 bits per heavy atom. The highest BCUT2D eigenvalue weighted by Gasteiger charge is 2.06. The highest BCUT2D eigenvalue weighted by atomic mass is 35.5. The van der Waals surface area contributed by atoms with Gasteiger partial charge in [0.1, 0.15) is 10.8 Å². The lowest BCUT2D eigenvalue weighted by Gasteiger charge is -2.00. The van der Waals surface area contributed by atoms with Crippen molar-refractivity contribution in [3.8, 4) is 0 Å². The fraction of sp³-hybridized carbons (Fsp3) is 0. The third kappa shape index (κ3) is 0.974. The minimum Gasteiger partial charge on any atom is -0.394 e. The number of aromatic nitrogens is 1. The second-order valence-electron chi connectivity index (χ2n) is 1.72. The van der Waals surface area contributed by atoms with Gasteiger partial charge in [-0.15, -0.1) is 0 Å². The van der Waals surface area contributed by atoms with E-state index in [2.05, 4.69) is 4.98 Å². The van der Waals surface area contributed by atoms with Crippen molar-refractivity contribution in [2.75, 3.05) is 11.5 Å². The first-order valence-corrected chi connectivity index (χ1v) is 2.85. The van der Waals surface area contributed by atoms with E-state index in [9.17, 15) is 4.39 Å². The van der Waals surface area contributed by atoms with Gasteiger partial charge in [-0.3, -0.25) is 0 Å². The Hall–Kier alpha value is -1.03. The predicted octanol–water partition coefficient (Wildman–Crippen LogP) is 1.04. The largest absolute Gasteiger partial charge is 0.394 e. The van der Waals surface area contributed by atoms with Crippen LogP contribution in [0, 0.1) is 5.82 Å². The Balaban J connectivity index is 3.34. The predicted molar refractivity (Wildman–Crippen MR) is 38.0 cm³/mol. The number of hydrogen-bond donors (Lipinski definition) is 2.